The van der Waals surface area contributed by atoms with Crippen LogP contribution in [-0.2, 0) is 9.59 Å². The average molecular weight is 634 g/mol. The van der Waals surface area contributed by atoms with Crippen molar-refractivity contribution < 1.29 is 14.4 Å². The summed E-state index contributed by atoms with van der Waals surface area (Å²) >= 11 is 2.71. The van der Waals surface area contributed by atoms with Gasteiger partial charge in [-0.2, -0.15) is 0 Å². The van der Waals surface area contributed by atoms with Crippen molar-refractivity contribution in [2.45, 2.75) is 4.90 Å². The Labute approximate surface area is 270 Å². The summed E-state index contributed by atoms with van der Waals surface area (Å²) in [5.41, 5.74) is 4.62. The standard InChI is InChI=1S/C35H31N5O3S2/c1-40(2)28-18-16-24(17-19-28)20-30(37-33(42)26-12-7-4-8-13-26)34(43)36-27-14-9-15-29(21-27)44-23-32(41)39-35-38-31(22-45-35)25-10-5-3-6-11-25/h3-22H,23H2,1-2H3,(H,36,43)(H,37,42)(H,38,39,41)/b30-20+. The molecule has 5 rings (SSSR count). The second kappa shape index (κ2) is 15.0. The predicted molar refractivity (Wildman–Crippen MR) is 185 cm³/mol. The summed E-state index contributed by atoms with van der Waals surface area (Å²) in [5, 5.41) is 11.0. The number of benzene rings is 4. The average Bonchev–Trinajstić information content (AvgIpc) is 3.53. The first-order chi connectivity index (χ1) is 21.8. The molecule has 45 heavy (non-hydrogen) atoms. The van der Waals surface area contributed by atoms with Gasteiger partial charge in [0, 0.05) is 46.9 Å². The van der Waals surface area contributed by atoms with E-state index in [-0.39, 0.29) is 17.4 Å². The Morgan fingerprint density at radius 1 is 0.844 bits per heavy atom. The SMILES string of the molecule is CN(C)c1ccc(/C=C(/NC(=O)c2ccccc2)C(=O)Nc2cccc(SCC(=O)Nc3nc(-c4ccccc4)cs3)c2)cc1. The Kier molecular flexibility index (Phi) is 10.4. The number of thiazole rings is 1. The Morgan fingerprint density at radius 3 is 2.27 bits per heavy atom. The maximum Gasteiger partial charge on any atom is 0.272 e. The lowest BCUT2D eigenvalue weighted by molar-refractivity contribution is -0.114. The van der Waals surface area contributed by atoms with Crippen LogP contribution < -0.4 is 20.9 Å². The Morgan fingerprint density at radius 2 is 1.56 bits per heavy atom. The number of anilines is 3. The molecule has 10 heteroatoms. The Hall–Kier alpha value is -5.19. The van der Waals surface area contributed by atoms with Gasteiger partial charge in [0.2, 0.25) is 5.91 Å². The molecule has 0 saturated carbocycles. The molecule has 3 N–H and O–H groups in total. The van der Waals surface area contributed by atoms with E-state index in [4.69, 9.17) is 0 Å². The van der Waals surface area contributed by atoms with Gasteiger partial charge in [-0.1, -0.05) is 66.7 Å². The van der Waals surface area contributed by atoms with Crippen LogP contribution in [0.5, 0.6) is 0 Å². The van der Waals surface area contributed by atoms with E-state index in [1.165, 1.54) is 23.1 Å². The summed E-state index contributed by atoms with van der Waals surface area (Å²) in [6.07, 6.45) is 1.64. The van der Waals surface area contributed by atoms with Gasteiger partial charge in [-0.3, -0.25) is 14.4 Å². The topological polar surface area (TPSA) is 103 Å². The van der Waals surface area contributed by atoms with Crippen molar-refractivity contribution in [3.05, 3.63) is 131 Å². The van der Waals surface area contributed by atoms with Crippen molar-refractivity contribution >= 4 is 63.4 Å². The molecule has 0 bridgehead atoms. The smallest absolute Gasteiger partial charge is 0.272 e. The molecule has 0 unspecified atom stereocenters. The first-order valence-electron chi connectivity index (χ1n) is 14.0. The summed E-state index contributed by atoms with van der Waals surface area (Å²) in [6, 6.07) is 33.4. The number of amides is 3. The molecule has 3 amide bonds. The summed E-state index contributed by atoms with van der Waals surface area (Å²) in [7, 11) is 3.90. The molecule has 4 aromatic carbocycles. The fraction of sp³-hybridized carbons (Fsp3) is 0.0857. The van der Waals surface area contributed by atoms with Gasteiger partial charge in [-0.15, -0.1) is 23.1 Å². The highest BCUT2D eigenvalue weighted by molar-refractivity contribution is 8.00. The van der Waals surface area contributed by atoms with E-state index in [2.05, 4.69) is 20.9 Å². The van der Waals surface area contributed by atoms with E-state index in [9.17, 15) is 14.4 Å². The molecule has 0 aliphatic heterocycles. The van der Waals surface area contributed by atoms with E-state index in [1.54, 1.807) is 48.5 Å². The molecule has 0 atom stereocenters. The zero-order chi connectivity index (χ0) is 31.6. The Bertz CT molecular complexity index is 1800. The summed E-state index contributed by atoms with van der Waals surface area (Å²) < 4.78 is 0. The summed E-state index contributed by atoms with van der Waals surface area (Å²) in [6.45, 7) is 0. The number of aromatic nitrogens is 1. The second-order valence-electron chi connectivity index (χ2n) is 10.1. The lowest BCUT2D eigenvalue weighted by Crippen LogP contribution is -2.30. The number of carbonyl (C=O) groups excluding carboxylic acids is 3. The van der Waals surface area contributed by atoms with Crippen LogP contribution in [0.4, 0.5) is 16.5 Å². The molecule has 8 nitrogen and oxygen atoms in total. The largest absolute Gasteiger partial charge is 0.378 e. The van der Waals surface area contributed by atoms with Crippen molar-refractivity contribution in [3.8, 4) is 11.3 Å². The number of carbonyl (C=O) groups is 3. The van der Waals surface area contributed by atoms with Crippen LogP contribution >= 0.6 is 23.1 Å². The molecule has 1 heterocycles. The first kappa shape index (κ1) is 31.2. The van der Waals surface area contributed by atoms with Gasteiger partial charge in [0.1, 0.15) is 5.70 Å². The van der Waals surface area contributed by atoms with Crippen LogP contribution in [0.25, 0.3) is 17.3 Å². The minimum atomic E-state index is -0.478. The van der Waals surface area contributed by atoms with E-state index in [1.807, 2.05) is 91.1 Å². The Balaban J connectivity index is 1.24. The molecular formula is C35H31N5O3S2. The monoisotopic (exact) mass is 633 g/mol. The highest BCUT2D eigenvalue weighted by Crippen LogP contribution is 2.26. The molecule has 0 spiro atoms. The van der Waals surface area contributed by atoms with E-state index in [0.29, 0.717) is 16.4 Å². The normalized spacial score (nSPS) is 11.0. The number of nitrogens with zero attached hydrogens (tertiary/aromatic N) is 2. The minimum absolute atomic E-state index is 0.0946. The molecule has 0 saturated heterocycles. The third-order valence-electron chi connectivity index (χ3n) is 6.53. The molecular weight excluding hydrogens is 603 g/mol. The maximum atomic E-state index is 13.5. The first-order valence-corrected chi connectivity index (χ1v) is 15.9. The number of rotatable bonds is 11. The zero-order valence-corrected chi connectivity index (χ0v) is 26.3. The van der Waals surface area contributed by atoms with Crippen molar-refractivity contribution in [1.29, 1.82) is 0 Å². The van der Waals surface area contributed by atoms with Crippen LogP contribution in [0.1, 0.15) is 15.9 Å². The predicted octanol–water partition coefficient (Wildman–Crippen LogP) is 7.02. The van der Waals surface area contributed by atoms with Crippen LogP contribution in [0.15, 0.2) is 125 Å². The molecule has 0 aliphatic rings. The van der Waals surface area contributed by atoms with Gasteiger partial charge in [0.15, 0.2) is 5.13 Å². The van der Waals surface area contributed by atoms with E-state index < -0.39 is 11.8 Å². The van der Waals surface area contributed by atoms with Crippen LogP contribution in [0.3, 0.4) is 0 Å². The maximum absolute atomic E-state index is 13.5. The number of thioether (sulfide) groups is 1. The molecule has 0 fully saturated rings. The number of hydrogen-bond acceptors (Lipinski definition) is 7. The van der Waals surface area contributed by atoms with Crippen molar-refractivity contribution in [3.63, 3.8) is 0 Å². The van der Waals surface area contributed by atoms with Gasteiger partial charge in [-0.05, 0) is 54.1 Å². The molecule has 226 valence electrons. The fourth-order valence-corrected chi connectivity index (χ4v) is 5.71. The van der Waals surface area contributed by atoms with Crippen molar-refractivity contribution in [1.82, 2.24) is 10.3 Å². The second-order valence-corrected chi connectivity index (χ2v) is 12.0. The highest BCUT2D eigenvalue weighted by Gasteiger charge is 2.16. The molecule has 5 aromatic rings. The molecule has 0 radical (unpaired) electrons. The quantitative estimate of drug-likeness (QED) is 0.107. The summed E-state index contributed by atoms with van der Waals surface area (Å²) in [5.74, 6) is -0.890. The number of nitrogens with one attached hydrogen (secondary N) is 3. The van der Waals surface area contributed by atoms with Crippen molar-refractivity contribution in [2.24, 2.45) is 0 Å². The lowest BCUT2D eigenvalue weighted by atomic mass is 10.1. The highest BCUT2D eigenvalue weighted by atomic mass is 32.2. The van der Waals surface area contributed by atoms with Gasteiger partial charge < -0.3 is 20.9 Å². The van der Waals surface area contributed by atoms with Crippen molar-refractivity contribution in [2.75, 3.05) is 35.4 Å². The lowest BCUT2D eigenvalue weighted by Gasteiger charge is -2.14. The minimum Gasteiger partial charge on any atom is -0.378 e. The van der Waals surface area contributed by atoms with Gasteiger partial charge >= 0.3 is 0 Å². The van der Waals surface area contributed by atoms with Crippen LogP contribution in [0.2, 0.25) is 0 Å². The van der Waals surface area contributed by atoms with Gasteiger partial charge in [0.05, 0.1) is 11.4 Å². The van der Waals surface area contributed by atoms with E-state index in [0.717, 1.165) is 27.4 Å². The third kappa shape index (κ3) is 8.91. The fourth-order valence-electron chi connectivity index (χ4n) is 4.22. The zero-order valence-electron chi connectivity index (χ0n) is 24.7. The van der Waals surface area contributed by atoms with E-state index >= 15 is 0 Å². The molecule has 0 aliphatic carbocycles. The number of hydrogen-bond donors (Lipinski definition) is 3. The van der Waals surface area contributed by atoms with Gasteiger partial charge in [-0.25, -0.2) is 4.98 Å². The molecule has 1 aromatic heterocycles. The van der Waals surface area contributed by atoms with Crippen LogP contribution in [0, 0.1) is 0 Å². The van der Waals surface area contributed by atoms with Crippen LogP contribution in [-0.4, -0.2) is 42.6 Å². The summed E-state index contributed by atoms with van der Waals surface area (Å²) in [4.78, 5) is 46.4. The third-order valence-corrected chi connectivity index (χ3v) is 8.28. The van der Waals surface area contributed by atoms with Gasteiger partial charge in [0.25, 0.3) is 11.8 Å².